The van der Waals surface area contributed by atoms with Crippen molar-refractivity contribution in [2.24, 2.45) is 0 Å². The van der Waals surface area contributed by atoms with Crippen LogP contribution in [0.3, 0.4) is 0 Å². The Morgan fingerprint density at radius 1 is 1.42 bits per heavy atom. The molecule has 12 heavy (non-hydrogen) atoms. The van der Waals surface area contributed by atoms with E-state index in [9.17, 15) is 0 Å². The summed E-state index contributed by atoms with van der Waals surface area (Å²) >= 11 is 0. The Bertz CT molecular complexity index is 235. The second-order valence-electron chi connectivity index (χ2n) is 2.84. The van der Waals surface area contributed by atoms with Gasteiger partial charge >= 0.3 is 0 Å². The first-order chi connectivity index (χ1) is 5.83. The fourth-order valence-corrected chi connectivity index (χ4v) is 1.07. The lowest BCUT2D eigenvalue weighted by Gasteiger charge is -2.03. The molecular weight excluding hydrogens is 150 g/mol. The molecule has 0 amide bonds. The minimum atomic E-state index is 0.605. The maximum atomic E-state index is 5.31. The van der Waals surface area contributed by atoms with Crippen LogP contribution in [0.1, 0.15) is 11.1 Å². The van der Waals surface area contributed by atoms with E-state index in [2.05, 4.69) is 30.4 Å². The van der Waals surface area contributed by atoms with Crippen molar-refractivity contribution < 1.29 is 4.74 Å². The Morgan fingerprint density at radius 2 is 2.25 bits per heavy atom. The molecule has 0 aliphatic heterocycles. The summed E-state index contributed by atoms with van der Waals surface area (Å²) in [4.78, 5) is 0. The minimum absolute atomic E-state index is 0.605. The zero-order valence-corrected chi connectivity index (χ0v) is 7.63. The lowest BCUT2D eigenvalue weighted by atomic mass is 10.1. The van der Waals surface area contributed by atoms with Gasteiger partial charge in [-0.3, -0.25) is 5.32 Å². The third-order valence-electron chi connectivity index (χ3n) is 1.60. The summed E-state index contributed by atoms with van der Waals surface area (Å²) in [5.41, 5.74) is 2.51. The van der Waals surface area contributed by atoms with Gasteiger partial charge in [0.2, 0.25) is 0 Å². The second kappa shape index (κ2) is 4.91. The maximum Gasteiger partial charge on any atom is 0.0967 e. The minimum Gasteiger partial charge on any atom is -0.362 e. The standard InChI is InChI=1S/C10H15NO/c1-9-4-3-5-10(6-9)7-12-8-11-2/h3-6,11H,7-8H2,1-2H3. The Hall–Kier alpha value is -0.860. The van der Waals surface area contributed by atoms with E-state index in [0.29, 0.717) is 13.3 Å². The first kappa shape index (κ1) is 9.23. The Labute approximate surface area is 73.6 Å². The largest absolute Gasteiger partial charge is 0.362 e. The molecule has 0 aromatic heterocycles. The average molecular weight is 165 g/mol. The first-order valence-electron chi connectivity index (χ1n) is 4.11. The van der Waals surface area contributed by atoms with Crippen LogP contribution in [0.15, 0.2) is 24.3 Å². The van der Waals surface area contributed by atoms with Gasteiger partial charge in [0, 0.05) is 0 Å². The van der Waals surface area contributed by atoms with Crippen LogP contribution in [0.5, 0.6) is 0 Å². The SMILES string of the molecule is CNCOCc1cccc(C)c1. The molecule has 0 fully saturated rings. The molecule has 0 spiro atoms. The van der Waals surface area contributed by atoms with E-state index < -0.39 is 0 Å². The number of benzene rings is 1. The molecular formula is C10H15NO. The van der Waals surface area contributed by atoms with Gasteiger partial charge in [-0.25, -0.2) is 0 Å². The molecule has 0 heterocycles. The molecule has 0 saturated carbocycles. The Kier molecular flexibility index (Phi) is 3.77. The predicted octanol–water partition coefficient (Wildman–Crippen LogP) is 1.69. The van der Waals surface area contributed by atoms with E-state index in [-0.39, 0.29) is 0 Å². The molecule has 66 valence electrons. The van der Waals surface area contributed by atoms with E-state index >= 15 is 0 Å². The number of rotatable bonds is 4. The number of ether oxygens (including phenoxy) is 1. The van der Waals surface area contributed by atoms with Crippen LogP contribution in [0.2, 0.25) is 0 Å². The molecule has 2 nitrogen and oxygen atoms in total. The fourth-order valence-electron chi connectivity index (χ4n) is 1.07. The zero-order chi connectivity index (χ0) is 8.81. The topological polar surface area (TPSA) is 21.3 Å². The monoisotopic (exact) mass is 165 g/mol. The van der Waals surface area contributed by atoms with Crippen molar-refractivity contribution in [3.8, 4) is 0 Å². The molecule has 1 aromatic carbocycles. The van der Waals surface area contributed by atoms with Gasteiger partial charge in [0.05, 0.1) is 13.3 Å². The Balaban J connectivity index is 2.41. The van der Waals surface area contributed by atoms with E-state index in [1.54, 1.807) is 0 Å². The van der Waals surface area contributed by atoms with Crippen molar-refractivity contribution >= 4 is 0 Å². The lowest BCUT2D eigenvalue weighted by Crippen LogP contribution is -2.11. The van der Waals surface area contributed by atoms with Crippen molar-refractivity contribution in [2.75, 3.05) is 13.8 Å². The van der Waals surface area contributed by atoms with E-state index in [4.69, 9.17) is 4.74 Å². The van der Waals surface area contributed by atoms with Crippen LogP contribution in [-0.2, 0) is 11.3 Å². The van der Waals surface area contributed by atoms with Gasteiger partial charge in [0.15, 0.2) is 0 Å². The van der Waals surface area contributed by atoms with Crippen LogP contribution < -0.4 is 5.32 Å². The van der Waals surface area contributed by atoms with Crippen LogP contribution >= 0.6 is 0 Å². The molecule has 0 aliphatic rings. The summed E-state index contributed by atoms with van der Waals surface area (Å²) in [5.74, 6) is 0. The van der Waals surface area contributed by atoms with Gasteiger partial charge in [-0.2, -0.15) is 0 Å². The molecule has 2 heteroatoms. The molecule has 1 rings (SSSR count). The van der Waals surface area contributed by atoms with Crippen molar-refractivity contribution in [1.29, 1.82) is 0 Å². The average Bonchev–Trinajstić information content (AvgIpc) is 2.05. The highest BCUT2D eigenvalue weighted by Gasteiger charge is 1.91. The lowest BCUT2D eigenvalue weighted by molar-refractivity contribution is 0.109. The quantitative estimate of drug-likeness (QED) is 0.541. The number of hydrogen-bond acceptors (Lipinski definition) is 2. The third-order valence-corrected chi connectivity index (χ3v) is 1.60. The number of nitrogens with one attached hydrogen (secondary N) is 1. The molecule has 0 saturated heterocycles. The van der Waals surface area contributed by atoms with Crippen LogP contribution in [-0.4, -0.2) is 13.8 Å². The highest BCUT2D eigenvalue weighted by atomic mass is 16.5. The molecule has 0 radical (unpaired) electrons. The number of aryl methyl sites for hydroxylation is 1. The number of hydrogen-bond donors (Lipinski definition) is 1. The molecule has 0 unspecified atom stereocenters. The van der Waals surface area contributed by atoms with Crippen molar-refractivity contribution in [1.82, 2.24) is 5.32 Å². The molecule has 0 aliphatic carbocycles. The Morgan fingerprint density at radius 3 is 2.92 bits per heavy atom. The third kappa shape index (κ3) is 3.03. The van der Waals surface area contributed by atoms with Crippen molar-refractivity contribution in [3.05, 3.63) is 35.4 Å². The van der Waals surface area contributed by atoms with E-state index in [1.807, 2.05) is 13.1 Å². The van der Waals surface area contributed by atoms with Gasteiger partial charge in [-0.15, -0.1) is 0 Å². The normalized spacial score (nSPS) is 10.2. The first-order valence-corrected chi connectivity index (χ1v) is 4.11. The molecule has 1 aromatic rings. The summed E-state index contributed by atoms with van der Waals surface area (Å²) < 4.78 is 5.31. The van der Waals surface area contributed by atoms with Crippen molar-refractivity contribution in [2.45, 2.75) is 13.5 Å². The van der Waals surface area contributed by atoms with Gasteiger partial charge in [0.1, 0.15) is 0 Å². The van der Waals surface area contributed by atoms with Gasteiger partial charge < -0.3 is 4.74 Å². The van der Waals surface area contributed by atoms with E-state index in [1.165, 1.54) is 11.1 Å². The molecule has 0 atom stereocenters. The molecule has 1 N–H and O–H groups in total. The summed E-state index contributed by atoms with van der Waals surface area (Å²) in [6.07, 6.45) is 0. The van der Waals surface area contributed by atoms with Crippen molar-refractivity contribution in [3.63, 3.8) is 0 Å². The maximum absolute atomic E-state index is 5.31. The predicted molar refractivity (Wildman–Crippen MR) is 49.9 cm³/mol. The molecule has 0 bridgehead atoms. The smallest absolute Gasteiger partial charge is 0.0967 e. The van der Waals surface area contributed by atoms with Crippen LogP contribution in [0.25, 0.3) is 0 Å². The highest BCUT2D eigenvalue weighted by molar-refractivity contribution is 5.21. The van der Waals surface area contributed by atoms with Crippen LogP contribution in [0, 0.1) is 6.92 Å². The summed E-state index contributed by atoms with van der Waals surface area (Å²) in [6.45, 7) is 3.37. The highest BCUT2D eigenvalue weighted by Crippen LogP contribution is 2.04. The summed E-state index contributed by atoms with van der Waals surface area (Å²) in [6, 6.07) is 8.34. The summed E-state index contributed by atoms with van der Waals surface area (Å²) in [5, 5.41) is 2.93. The van der Waals surface area contributed by atoms with Gasteiger partial charge in [-0.05, 0) is 19.5 Å². The second-order valence-corrected chi connectivity index (χ2v) is 2.84. The van der Waals surface area contributed by atoms with Crippen LogP contribution in [0.4, 0.5) is 0 Å². The zero-order valence-electron chi connectivity index (χ0n) is 7.63. The van der Waals surface area contributed by atoms with E-state index in [0.717, 1.165) is 0 Å². The van der Waals surface area contributed by atoms with Gasteiger partial charge in [-0.1, -0.05) is 29.8 Å². The fraction of sp³-hybridized carbons (Fsp3) is 0.400. The summed E-state index contributed by atoms with van der Waals surface area (Å²) in [7, 11) is 1.87. The van der Waals surface area contributed by atoms with Gasteiger partial charge in [0.25, 0.3) is 0 Å².